The molecular formula is C14H17FO. The van der Waals surface area contributed by atoms with Crippen LogP contribution in [0.5, 0.6) is 0 Å². The Hall–Kier alpha value is -1.41. The number of hydrogen-bond donors (Lipinski definition) is 0. The Kier molecular flexibility index (Phi) is 4.44. The van der Waals surface area contributed by atoms with Crippen molar-refractivity contribution in [3.8, 4) is 0 Å². The lowest BCUT2D eigenvalue weighted by atomic mass is 9.99. The number of hydrogen-bond acceptors (Lipinski definition) is 1. The van der Waals surface area contributed by atoms with Gasteiger partial charge < -0.3 is 4.74 Å². The van der Waals surface area contributed by atoms with Gasteiger partial charge in [0.1, 0.15) is 5.82 Å². The van der Waals surface area contributed by atoms with Gasteiger partial charge in [-0.05, 0) is 47.8 Å². The predicted molar refractivity (Wildman–Crippen MR) is 65.8 cm³/mol. The van der Waals surface area contributed by atoms with E-state index in [0.717, 1.165) is 16.7 Å². The van der Waals surface area contributed by atoms with E-state index < -0.39 is 0 Å². The first-order chi connectivity index (χ1) is 7.54. The highest BCUT2D eigenvalue weighted by Crippen LogP contribution is 2.21. The van der Waals surface area contributed by atoms with E-state index in [1.807, 2.05) is 0 Å². The van der Waals surface area contributed by atoms with Crippen LogP contribution in [-0.2, 0) is 4.74 Å². The molecule has 0 aromatic heterocycles. The molecule has 0 aliphatic carbocycles. The third-order valence-corrected chi connectivity index (χ3v) is 2.38. The first kappa shape index (κ1) is 12.7. The third-order valence-electron chi connectivity index (χ3n) is 2.38. The van der Waals surface area contributed by atoms with E-state index in [1.54, 1.807) is 26.2 Å². The molecule has 0 radical (unpaired) electrons. The van der Waals surface area contributed by atoms with Crippen LogP contribution in [0, 0.1) is 12.7 Å². The lowest BCUT2D eigenvalue weighted by molar-refractivity contribution is 0.225. The second-order valence-electron chi connectivity index (χ2n) is 3.93. The van der Waals surface area contributed by atoms with Gasteiger partial charge in [-0.1, -0.05) is 19.2 Å². The fourth-order valence-corrected chi connectivity index (χ4v) is 1.52. The zero-order valence-electron chi connectivity index (χ0n) is 9.85. The minimum Gasteiger partial charge on any atom is -0.380 e. The molecule has 1 rings (SSSR count). The number of methoxy groups -OCH3 is 1. The molecular weight excluding hydrogens is 203 g/mol. The highest BCUT2D eigenvalue weighted by Gasteiger charge is 2.04. The van der Waals surface area contributed by atoms with Gasteiger partial charge in [-0.25, -0.2) is 4.39 Å². The molecule has 0 atom stereocenters. The van der Waals surface area contributed by atoms with Crippen LogP contribution in [0.3, 0.4) is 0 Å². The van der Waals surface area contributed by atoms with E-state index in [2.05, 4.69) is 13.2 Å². The number of aryl methyl sites for hydroxylation is 1. The Morgan fingerprint density at radius 3 is 2.62 bits per heavy atom. The Labute approximate surface area is 96.3 Å². The maximum absolute atomic E-state index is 13.1. The monoisotopic (exact) mass is 220 g/mol. The van der Waals surface area contributed by atoms with Gasteiger partial charge in [-0.15, -0.1) is 0 Å². The van der Waals surface area contributed by atoms with Crippen molar-refractivity contribution in [1.82, 2.24) is 0 Å². The van der Waals surface area contributed by atoms with Gasteiger partial charge in [0, 0.05) is 7.11 Å². The lowest BCUT2D eigenvalue weighted by Gasteiger charge is -2.09. The predicted octanol–water partition coefficient (Wildman–Crippen LogP) is 3.74. The van der Waals surface area contributed by atoms with E-state index in [4.69, 9.17) is 4.74 Å². The second-order valence-corrected chi connectivity index (χ2v) is 3.93. The number of benzene rings is 1. The van der Waals surface area contributed by atoms with Gasteiger partial charge in [0.05, 0.1) is 6.61 Å². The van der Waals surface area contributed by atoms with Crippen molar-refractivity contribution in [2.24, 2.45) is 0 Å². The van der Waals surface area contributed by atoms with Crippen LogP contribution in [0.15, 0.2) is 36.9 Å². The highest BCUT2D eigenvalue weighted by molar-refractivity contribution is 5.65. The van der Waals surface area contributed by atoms with Gasteiger partial charge in [-0.2, -0.15) is 0 Å². The normalized spacial score (nSPS) is 10.2. The highest BCUT2D eigenvalue weighted by atomic mass is 19.1. The van der Waals surface area contributed by atoms with Crippen LogP contribution in [0.25, 0.3) is 5.57 Å². The van der Waals surface area contributed by atoms with Gasteiger partial charge >= 0.3 is 0 Å². The van der Waals surface area contributed by atoms with Crippen molar-refractivity contribution in [3.05, 3.63) is 53.9 Å². The molecule has 1 aromatic rings. The average molecular weight is 220 g/mol. The smallest absolute Gasteiger partial charge is 0.126 e. The van der Waals surface area contributed by atoms with Gasteiger partial charge in [0.2, 0.25) is 0 Å². The van der Waals surface area contributed by atoms with E-state index in [1.165, 1.54) is 6.07 Å². The molecule has 16 heavy (non-hydrogen) atoms. The van der Waals surface area contributed by atoms with Crippen LogP contribution in [0.1, 0.15) is 17.5 Å². The van der Waals surface area contributed by atoms with Crippen molar-refractivity contribution in [3.63, 3.8) is 0 Å². The van der Waals surface area contributed by atoms with Crippen LogP contribution in [0.2, 0.25) is 0 Å². The number of ether oxygens (including phenoxy) is 1. The average Bonchev–Trinajstić information content (AvgIpc) is 2.22. The van der Waals surface area contributed by atoms with Gasteiger partial charge in [0.25, 0.3) is 0 Å². The summed E-state index contributed by atoms with van der Waals surface area (Å²) >= 11 is 0. The summed E-state index contributed by atoms with van der Waals surface area (Å²) in [6, 6.07) is 5.01. The van der Waals surface area contributed by atoms with Crippen molar-refractivity contribution in [2.45, 2.75) is 13.3 Å². The van der Waals surface area contributed by atoms with Crippen molar-refractivity contribution >= 4 is 5.57 Å². The Balaban J connectivity index is 2.73. The third kappa shape index (κ3) is 3.31. The molecule has 0 spiro atoms. The van der Waals surface area contributed by atoms with Crippen molar-refractivity contribution in [1.29, 1.82) is 0 Å². The van der Waals surface area contributed by atoms with Gasteiger partial charge in [0.15, 0.2) is 0 Å². The first-order valence-electron chi connectivity index (χ1n) is 5.14. The topological polar surface area (TPSA) is 9.23 Å². The molecule has 0 N–H and O–H groups in total. The summed E-state index contributed by atoms with van der Waals surface area (Å²) in [6.07, 6.45) is 0.679. The molecule has 86 valence electrons. The molecule has 0 saturated carbocycles. The Morgan fingerprint density at radius 2 is 2.06 bits per heavy atom. The van der Waals surface area contributed by atoms with Crippen molar-refractivity contribution < 1.29 is 9.13 Å². The van der Waals surface area contributed by atoms with Crippen LogP contribution >= 0.6 is 0 Å². The minimum absolute atomic E-state index is 0.188. The second kappa shape index (κ2) is 5.61. The largest absolute Gasteiger partial charge is 0.380 e. The summed E-state index contributed by atoms with van der Waals surface area (Å²) in [5, 5.41) is 0. The molecule has 0 aliphatic rings. The maximum atomic E-state index is 13.1. The molecule has 2 heteroatoms. The summed E-state index contributed by atoms with van der Waals surface area (Å²) in [6.45, 7) is 10.1. The van der Waals surface area contributed by atoms with Crippen molar-refractivity contribution in [2.75, 3.05) is 13.7 Å². The molecule has 0 fully saturated rings. The summed E-state index contributed by atoms with van der Waals surface area (Å²) in [4.78, 5) is 0. The summed E-state index contributed by atoms with van der Waals surface area (Å²) in [5.41, 5.74) is 3.49. The Morgan fingerprint density at radius 1 is 1.38 bits per heavy atom. The zero-order chi connectivity index (χ0) is 12.1. The molecule has 1 nitrogen and oxygen atoms in total. The SMILES string of the molecule is C=C(COC)CC(=C)c1ccc(F)c(C)c1. The fraction of sp³-hybridized carbons (Fsp3) is 0.286. The fourth-order valence-electron chi connectivity index (χ4n) is 1.52. The summed E-state index contributed by atoms with van der Waals surface area (Å²) in [7, 11) is 1.63. The molecule has 0 aliphatic heterocycles. The van der Waals surface area contributed by atoms with Crippen LogP contribution < -0.4 is 0 Å². The summed E-state index contributed by atoms with van der Waals surface area (Å²) < 4.78 is 18.1. The molecule has 0 bridgehead atoms. The number of allylic oxidation sites excluding steroid dienone is 1. The van der Waals surface area contributed by atoms with E-state index >= 15 is 0 Å². The molecule has 0 saturated heterocycles. The first-order valence-corrected chi connectivity index (χ1v) is 5.14. The Bertz CT molecular complexity index is 407. The van der Waals surface area contributed by atoms with E-state index in [0.29, 0.717) is 18.6 Å². The minimum atomic E-state index is -0.188. The quantitative estimate of drug-likeness (QED) is 0.687. The maximum Gasteiger partial charge on any atom is 0.126 e. The van der Waals surface area contributed by atoms with E-state index in [9.17, 15) is 4.39 Å². The molecule has 0 amide bonds. The van der Waals surface area contributed by atoms with Crippen LogP contribution in [-0.4, -0.2) is 13.7 Å². The zero-order valence-corrected chi connectivity index (χ0v) is 9.85. The summed E-state index contributed by atoms with van der Waals surface area (Å²) in [5.74, 6) is -0.188. The van der Waals surface area contributed by atoms with E-state index in [-0.39, 0.29) is 5.82 Å². The van der Waals surface area contributed by atoms with Gasteiger partial charge in [-0.3, -0.25) is 0 Å². The molecule has 0 heterocycles. The number of halogens is 1. The lowest BCUT2D eigenvalue weighted by Crippen LogP contribution is -1.95. The standard InChI is InChI=1S/C14H17FO/c1-10(9-16-4)7-11(2)13-5-6-14(15)12(3)8-13/h5-6,8H,1-2,7,9H2,3-4H3. The number of rotatable bonds is 5. The molecule has 0 unspecified atom stereocenters. The molecule has 1 aromatic carbocycles. The van der Waals surface area contributed by atoms with Crippen LogP contribution in [0.4, 0.5) is 4.39 Å².